The minimum Gasteiger partial charge on any atom is -0.481 e. The van der Waals surface area contributed by atoms with E-state index in [0.29, 0.717) is 12.8 Å². The van der Waals surface area contributed by atoms with Crippen LogP contribution in [0.3, 0.4) is 0 Å². The summed E-state index contributed by atoms with van der Waals surface area (Å²) < 4.78 is 0. The Hall–Kier alpha value is -2.62. The average molecular weight is 338 g/mol. The van der Waals surface area contributed by atoms with Crippen LogP contribution in [0.2, 0.25) is 0 Å². The summed E-state index contributed by atoms with van der Waals surface area (Å²) in [5, 5.41) is 18.2. The molecule has 0 bridgehead atoms. The summed E-state index contributed by atoms with van der Waals surface area (Å²) in [4.78, 5) is 22.2. The molecule has 4 heteroatoms. The Bertz CT molecular complexity index is 865. The van der Waals surface area contributed by atoms with Crippen molar-refractivity contribution in [3.05, 3.63) is 57.6 Å². The largest absolute Gasteiger partial charge is 0.481 e. The lowest BCUT2D eigenvalue weighted by Gasteiger charge is -2.20. The van der Waals surface area contributed by atoms with Gasteiger partial charge in [0.25, 0.3) is 0 Å². The topological polar surface area (TPSA) is 74.6 Å². The number of carboxylic acid groups (broad SMARTS) is 2. The fourth-order valence-electron chi connectivity index (χ4n) is 3.97. The Labute approximate surface area is 147 Å². The summed E-state index contributed by atoms with van der Waals surface area (Å²) in [5.74, 6) is -1.66. The van der Waals surface area contributed by atoms with Gasteiger partial charge in [0, 0.05) is 12.8 Å². The SMILES string of the molecule is Cc1c(C)c2c(c(CCC(=O)O)c1CCC(=O)O)Cc1ccccc1-2. The van der Waals surface area contributed by atoms with E-state index in [9.17, 15) is 9.59 Å². The monoisotopic (exact) mass is 338 g/mol. The molecule has 25 heavy (non-hydrogen) atoms. The lowest BCUT2D eigenvalue weighted by atomic mass is 9.84. The third kappa shape index (κ3) is 3.16. The molecule has 0 atom stereocenters. The maximum Gasteiger partial charge on any atom is 0.303 e. The molecule has 4 nitrogen and oxygen atoms in total. The molecule has 3 rings (SSSR count). The first-order valence-corrected chi connectivity index (χ1v) is 8.55. The molecule has 130 valence electrons. The van der Waals surface area contributed by atoms with Gasteiger partial charge in [0.1, 0.15) is 0 Å². The Morgan fingerprint density at radius 1 is 0.920 bits per heavy atom. The second kappa shape index (κ2) is 6.71. The minimum absolute atomic E-state index is 0.0609. The molecule has 0 amide bonds. The van der Waals surface area contributed by atoms with Gasteiger partial charge in [-0.2, -0.15) is 0 Å². The molecule has 0 radical (unpaired) electrons. The van der Waals surface area contributed by atoms with Gasteiger partial charge in [-0.15, -0.1) is 0 Å². The molecule has 0 fully saturated rings. The second-order valence-electron chi connectivity index (χ2n) is 6.68. The Kier molecular flexibility index (Phi) is 4.62. The normalized spacial score (nSPS) is 11.9. The standard InChI is InChI=1S/C21H22O4/c1-12-13(2)21-16-6-4-3-5-14(16)11-18(21)17(8-10-20(24)25)15(12)7-9-19(22)23/h3-6H,7-11H2,1-2H3,(H,22,23)(H,24,25). The molecule has 1 aliphatic rings. The summed E-state index contributed by atoms with van der Waals surface area (Å²) in [7, 11) is 0. The van der Waals surface area contributed by atoms with Crippen LogP contribution < -0.4 is 0 Å². The predicted octanol–water partition coefficient (Wildman–Crippen LogP) is 3.91. The highest BCUT2D eigenvalue weighted by atomic mass is 16.4. The van der Waals surface area contributed by atoms with E-state index < -0.39 is 11.9 Å². The maximum atomic E-state index is 11.1. The van der Waals surface area contributed by atoms with Gasteiger partial charge in [0.05, 0.1) is 0 Å². The van der Waals surface area contributed by atoms with Crippen LogP contribution in [-0.4, -0.2) is 22.2 Å². The van der Waals surface area contributed by atoms with Crippen molar-refractivity contribution in [2.24, 2.45) is 0 Å². The van der Waals surface area contributed by atoms with Crippen molar-refractivity contribution >= 4 is 11.9 Å². The molecule has 0 spiro atoms. The van der Waals surface area contributed by atoms with Crippen molar-refractivity contribution in [3.63, 3.8) is 0 Å². The van der Waals surface area contributed by atoms with Crippen LogP contribution in [0, 0.1) is 13.8 Å². The zero-order valence-corrected chi connectivity index (χ0v) is 14.6. The van der Waals surface area contributed by atoms with E-state index >= 15 is 0 Å². The first-order chi connectivity index (χ1) is 11.9. The van der Waals surface area contributed by atoms with Crippen molar-refractivity contribution in [1.29, 1.82) is 0 Å². The molecule has 1 aliphatic carbocycles. The van der Waals surface area contributed by atoms with Gasteiger partial charge in [-0.25, -0.2) is 0 Å². The number of carbonyl (C=O) groups is 2. The summed E-state index contributed by atoms with van der Waals surface area (Å²) >= 11 is 0. The van der Waals surface area contributed by atoms with Crippen molar-refractivity contribution in [2.45, 2.75) is 46.0 Å². The Balaban J connectivity index is 2.17. The molecular formula is C21H22O4. The first kappa shape index (κ1) is 17.2. The highest BCUT2D eigenvalue weighted by molar-refractivity contribution is 5.83. The van der Waals surface area contributed by atoms with E-state index in [2.05, 4.69) is 19.1 Å². The second-order valence-corrected chi connectivity index (χ2v) is 6.68. The number of hydrogen-bond acceptors (Lipinski definition) is 2. The first-order valence-electron chi connectivity index (χ1n) is 8.55. The van der Waals surface area contributed by atoms with Crippen molar-refractivity contribution in [3.8, 4) is 11.1 Å². The van der Waals surface area contributed by atoms with Crippen LogP contribution in [0.5, 0.6) is 0 Å². The predicted molar refractivity (Wildman–Crippen MR) is 96.1 cm³/mol. The zero-order valence-electron chi connectivity index (χ0n) is 14.6. The van der Waals surface area contributed by atoms with Crippen LogP contribution in [0.25, 0.3) is 11.1 Å². The van der Waals surface area contributed by atoms with Crippen molar-refractivity contribution in [2.75, 3.05) is 0 Å². The molecule has 0 unspecified atom stereocenters. The molecule has 2 aromatic rings. The lowest BCUT2D eigenvalue weighted by Crippen LogP contribution is -2.10. The van der Waals surface area contributed by atoms with E-state index in [1.165, 1.54) is 27.8 Å². The van der Waals surface area contributed by atoms with E-state index in [1.807, 2.05) is 19.1 Å². The Morgan fingerprint density at radius 2 is 1.52 bits per heavy atom. The van der Waals surface area contributed by atoms with E-state index in [-0.39, 0.29) is 12.8 Å². The van der Waals surface area contributed by atoms with Crippen molar-refractivity contribution in [1.82, 2.24) is 0 Å². The summed E-state index contributed by atoms with van der Waals surface area (Å²) in [6, 6.07) is 8.28. The van der Waals surface area contributed by atoms with Crippen LogP contribution in [0.4, 0.5) is 0 Å². The molecule has 0 saturated carbocycles. The van der Waals surface area contributed by atoms with Crippen LogP contribution >= 0.6 is 0 Å². The number of benzene rings is 2. The minimum atomic E-state index is -0.829. The summed E-state index contributed by atoms with van der Waals surface area (Å²) in [6.07, 6.45) is 1.81. The number of rotatable bonds is 6. The highest BCUT2D eigenvalue weighted by Gasteiger charge is 2.27. The summed E-state index contributed by atoms with van der Waals surface area (Å²) in [6.45, 7) is 4.11. The molecule has 2 aromatic carbocycles. The summed E-state index contributed by atoms with van der Waals surface area (Å²) in [5.41, 5.74) is 9.21. The number of hydrogen-bond donors (Lipinski definition) is 2. The fraction of sp³-hybridized carbons (Fsp3) is 0.333. The third-order valence-electron chi connectivity index (χ3n) is 5.25. The number of aliphatic carboxylic acids is 2. The van der Waals surface area contributed by atoms with Gasteiger partial charge in [-0.05, 0) is 77.6 Å². The van der Waals surface area contributed by atoms with Crippen LogP contribution in [0.15, 0.2) is 24.3 Å². The average Bonchev–Trinajstić information content (AvgIpc) is 2.94. The number of carboxylic acids is 2. The van der Waals surface area contributed by atoms with E-state index in [0.717, 1.165) is 23.1 Å². The molecule has 0 heterocycles. The molecule has 2 N–H and O–H groups in total. The molecule has 0 saturated heterocycles. The van der Waals surface area contributed by atoms with E-state index in [4.69, 9.17) is 10.2 Å². The highest BCUT2D eigenvalue weighted by Crippen LogP contribution is 2.44. The van der Waals surface area contributed by atoms with Gasteiger partial charge >= 0.3 is 11.9 Å². The van der Waals surface area contributed by atoms with Gasteiger partial charge in [0.15, 0.2) is 0 Å². The van der Waals surface area contributed by atoms with Crippen molar-refractivity contribution < 1.29 is 19.8 Å². The smallest absolute Gasteiger partial charge is 0.303 e. The van der Waals surface area contributed by atoms with Gasteiger partial charge in [0.2, 0.25) is 0 Å². The van der Waals surface area contributed by atoms with Gasteiger partial charge in [-0.1, -0.05) is 24.3 Å². The maximum absolute atomic E-state index is 11.1. The van der Waals surface area contributed by atoms with Gasteiger partial charge < -0.3 is 10.2 Å². The quantitative estimate of drug-likeness (QED) is 0.714. The van der Waals surface area contributed by atoms with Crippen LogP contribution in [-0.2, 0) is 28.9 Å². The fourth-order valence-corrected chi connectivity index (χ4v) is 3.97. The Morgan fingerprint density at radius 3 is 2.16 bits per heavy atom. The molecular weight excluding hydrogens is 316 g/mol. The van der Waals surface area contributed by atoms with E-state index in [1.54, 1.807) is 0 Å². The lowest BCUT2D eigenvalue weighted by molar-refractivity contribution is -0.138. The van der Waals surface area contributed by atoms with Crippen LogP contribution in [0.1, 0.15) is 46.2 Å². The molecule has 0 aromatic heterocycles. The molecule has 0 aliphatic heterocycles. The van der Waals surface area contributed by atoms with Gasteiger partial charge in [-0.3, -0.25) is 9.59 Å². The third-order valence-corrected chi connectivity index (χ3v) is 5.25. The number of fused-ring (bicyclic) bond motifs is 3. The zero-order chi connectivity index (χ0) is 18.1.